The second-order valence-electron chi connectivity index (χ2n) is 3.83. The molecule has 0 radical (unpaired) electrons. The first-order valence-corrected chi connectivity index (χ1v) is 6.87. The first kappa shape index (κ1) is 12.8. The van der Waals surface area contributed by atoms with Gasteiger partial charge in [-0.15, -0.1) is 11.3 Å². The fourth-order valence-electron chi connectivity index (χ4n) is 1.64. The minimum atomic E-state index is 0.830. The van der Waals surface area contributed by atoms with Gasteiger partial charge in [-0.05, 0) is 13.8 Å². The summed E-state index contributed by atoms with van der Waals surface area (Å²) in [6, 6.07) is 0. The monoisotopic (exact) mass is 263 g/mol. The van der Waals surface area contributed by atoms with E-state index in [4.69, 9.17) is 0 Å². The van der Waals surface area contributed by atoms with E-state index in [-0.39, 0.29) is 0 Å². The van der Waals surface area contributed by atoms with Crippen LogP contribution in [0.15, 0.2) is 17.9 Å². The van der Waals surface area contributed by atoms with Crippen molar-refractivity contribution in [1.82, 2.24) is 15.0 Å². The van der Waals surface area contributed by atoms with Gasteiger partial charge in [-0.2, -0.15) is 0 Å². The van der Waals surface area contributed by atoms with Crippen molar-refractivity contribution in [2.75, 3.05) is 23.7 Å². The summed E-state index contributed by atoms with van der Waals surface area (Å²) in [5, 5.41) is 9.68. The van der Waals surface area contributed by atoms with Gasteiger partial charge in [0, 0.05) is 36.7 Å². The van der Waals surface area contributed by atoms with E-state index in [1.54, 1.807) is 17.7 Å². The molecule has 0 aliphatic heterocycles. The molecule has 2 rings (SSSR count). The normalized spacial score (nSPS) is 10.3. The van der Waals surface area contributed by atoms with Crippen molar-refractivity contribution < 1.29 is 0 Å². The quantitative estimate of drug-likeness (QED) is 0.837. The van der Waals surface area contributed by atoms with Gasteiger partial charge >= 0.3 is 0 Å². The van der Waals surface area contributed by atoms with Gasteiger partial charge in [-0.1, -0.05) is 0 Å². The van der Waals surface area contributed by atoms with Gasteiger partial charge in [-0.25, -0.2) is 15.0 Å². The van der Waals surface area contributed by atoms with E-state index < -0.39 is 0 Å². The Morgan fingerprint density at radius 2 is 1.94 bits per heavy atom. The molecule has 96 valence electrons. The average molecular weight is 263 g/mol. The standard InChI is InChI=1S/C12H17N5S/c1-3-13-11-9(2)12(17-8-16-11)15-5-4-10-14-6-7-18-10/h6-8H,3-5H2,1-2H3,(H2,13,15,16,17). The molecule has 2 aromatic heterocycles. The fourth-order valence-corrected chi connectivity index (χ4v) is 2.26. The number of nitrogens with one attached hydrogen (secondary N) is 2. The number of hydrogen-bond donors (Lipinski definition) is 2. The summed E-state index contributed by atoms with van der Waals surface area (Å²) in [5.74, 6) is 1.78. The zero-order valence-electron chi connectivity index (χ0n) is 10.6. The molecule has 0 atom stereocenters. The Kier molecular flexibility index (Phi) is 4.46. The summed E-state index contributed by atoms with van der Waals surface area (Å²) in [7, 11) is 0. The number of aromatic nitrogens is 3. The first-order valence-electron chi connectivity index (χ1n) is 5.99. The van der Waals surface area contributed by atoms with Crippen LogP contribution in [0.2, 0.25) is 0 Å². The Hall–Kier alpha value is -1.69. The van der Waals surface area contributed by atoms with Crippen LogP contribution in [-0.4, -0.2) is 28.0 Å². The molecule has 2 N–H and O–H groups in total. The molecule has 0 aliphatic carbocycles. The third-order valence-corrected chi connectivity index (χ3v) is 3.38. The Morgan fingerprint density at radius 1 is 1.17 bits per heavy atom. The highest BCUT2D eigenvalue weighted by Crippen LogP contribution is 2.17. The highest BCUT2D eigenvalue weighted by Gasteiger charge is 2.05. The maximum absolute atomic E-state index is 4.26. The lowest BCUT2D eigenvalue weighted by Gasteiger charge is -2.11. The van der Waals surface area contributed by atoms with Gasteiger partial charge in [-0.3, -0.25) is 0 Å². The minimum absolute atomic E-state index is 0.830. The lowest BCUT2D eigenvalue weighted by Crippen LogP contribution is -2.10. The van der Waals surface area contributed by atoms with Crippen molar-refractivity contribution in [2.24, 2.45) is 0 Å². The summed E-state index contributed by atoms with van der Waals surface area (Å²) in [6.07, 6.45) is 4.33. The van der Waals surface area contributed by atoms with Crippen LogP contribution in [-0.2, 0) is 6.42 Å². The van der Waals surface area contributed by atoms with Crippen LogP contribution < -0.4 is 10.6 Å². The summed E-state index contributed by atoms with van der Waals surface area (Å²) in [5.41, 5.74) is 1.05. The van der Waals surface area contributed by atoms with E-state index in [2.05, 4.69) is 32.5 Å². The molecule has 18 heavy (non-hydrogen) atoms. The van der Waals surface area contributed by atoms with E-state index in [0.29, 0.717) is 0 Å². The predicted octanol–water partition coefficient (Wildman–Crippen LogP) is 2.33. The van der Waals surface area contributed by atoms with Crippen molar-refractivity contribution in [1.29, 1.82) is 0 Å². The van der Waals surface area contributed by atoms with Crippen molar-refractivity contribution >= 4 is 23.0 Å². The Morgan fingerprint density at radius 3 is 2.61 bits per heavy atom. The van der Waals surface area contributed by atoms with Gasteiger partial charge in [0.2, 0.25) is 0 Å². The summed E-state index contributed by atoms with van der Waals surface area (Å²) in [6.45, 7) is 5.76. The van der Waals surface area contributed by atoms with E-state index in [9.17, 15) is 0 Å². The fraction of sp³-hybridized carbons (Fsp3) is 0.417. The van der Waals surface area contributed by atoms with Crippen LogP contribution in [0.1, 0.15) is 17.5 Å². The third kappa shape index (κ3) is 3.16. The molecule has 2 aromatic rings. The maximum atomic E-state index is 4.26. The zero-order chi connectivity index (χ0) is 12.8. The molecule has 0 saturated heterocycles. The molecule has 0 bridgehead atoms. The molecule has 0 aliphatic rings. The molecule has 0 aromatic carbocycles. The molecule has 0 fully saturated rings. The highest BCUT2D eigenvalue weighted by atomic mass is 32.1. The second-order valence-corrected chi connectivity index (χ2v) is 4.81. The van der Waals surface area contributed by atoms with Crippen molar-refractivity contribution in [3.63, 3.8) is 0 Å². The van der Waals surface area contributed by atoms with Gasteiger partial charge in [0.05, 0.1) is 5.01 Å². The molecule has 0 spiro atoms. The van der Waals surface area contributed by atoms with E-state index >= 15 is 0 Å². The van der Waals surface area contributed by atoms with Crippen LogP contribution >= 0.6 is 11.3 Å². The lowest BCUT2D eigenvalue weighted by molar-refractivity contribution is 0.974. The largest absolute Gasteiger partial charge is 0.370 e. The van der Waals surface area contributed by atoms with E-state index in [0.717, 1.165) is 41.7 Å². The molecule has 5 nitrogen and oxygen atoms in total. The van der Waals surface area contributed by atoms with Gasteiger partial charge in [0.15, 0.2) is 0 Å². The molecular formula is C12H17N5S. The molecule has 0 saturated carbocycles. The Balaban J connectivity index is 1.94. The topological polar surface area (TPSA) is 62.7 Å². The van der Waals surface area contributed by atoms with E-state index in [1.165, 1.54) is 0 Å². The molecular weight excluding hydrogens is 246 g/mol. The number of thiazole rings is 1. The van der Waals surface area contributed by atoms with Gasteiger partial charge in [0.25, 0.3) is 0 Å². The first-order chi connectivity index (χ1) is 8.81. The van der Waals surface area contributed by atoms with Crippen LogP contribution in [0, 0.1) is 6.92 Å². The molecule has 0 unspecified atom stereocenters. The predicted molar refractivity (Wildman–Crippen MR) is 75.2 cm³/mol. The number of rotatable bonds is 6. The van der Waals surface area contributed by atoms with Crippen molar-refractivity contribution in [2.45, 2.75) is 20.3 Å². The summed E-state index contributed by atoms with van der Waals surface area (Å²) < 4.78 is 0. The van der Waals surface area contributed by atoms with Crippen LogP contribution in [0.4, 0.5) is 11.6 Å². The Labute approximate surface area is 111 Å². The highest BCUT2D eigenvalue weighted by molar-refractivity contribution is 7.09. The SMILES string of the molecule is CCNc1ncnc(NCCc2nccs2)c1C. The minimum Gasteiger partial charge on any atom is -0.370 e. The van der Waals surface area contributed by atoms with Crippen LogP contribution in [0.5, 0.6) is 0 Å². The average Bonchev–Trinajstić information content (AvgIpc) is 2.87. The van der Waals surface area contributed by atoms with Crippen LogP contribution in [0.3, 0.4) is 0 Å². The van der Waals surface area contributed by atoms with Crippen molar-refractivity contribution in [3.8, 4) is 0 Å². The smallest absolute Gasteiger partial charge is 0.134 e. The summed E-state index contributed by atoms with van der Waals surface area (Å²) >= 11 is 1.68. The number of nitrogens with zero attached hydrogens (tertiary/aromatic N) is 3. The zero-order valence-corrected chi connectivity index (χ0v) is 11.4. The number of hydrogen-bond acceptors (Lipinski definition) is 6. The molecule has 2 heterocycles. The van der Waals surface area contributed by atoms with Crippen LogP contribution in [0.25, 0.3) is 0 Å². The van der Waals surface area contributed by atoms with E-state index in [1.807, 2.05) is 18.5 Å². The van der Waals surface area contributed by atoms with Crippen molar-refractivity contribution in [3.05, 3.63) is 28.5 Å². The Bertz CT molecular complexity index is 483. The second kappa shape index (κ2) is 6.30. The number of anilines is 2. The lowest BCUT2D eigenvalue weighted by atomic mass is 10.3. The van der Waals surface area contributed by atoms with Gasteiger partial charge < -0.3 is 10.6 Å². The van der Waals surface area contributed by atoms with Gasteiger partial charge in [0.1, 0.15) is 18.0 Å². The molecule has 6 heteroatoms. The summed E-state index contributed by atoms with van der Waals surface area (Å²) in [4.78, 5) is 12.7. The molecule has 0 amide bonds. The third-order valence-electron chi connectivity index (χ3n) is 2.54. The maximum Gasteiger partial charge on any atom is 0.134 e.